The molecule has 3 nitrogen and oxygen atoms in total. The van der Waals surface area contributed by atoms with E-state index in [9.17, 15) is 0 Å². The fraction of sp³-hybridized carbons (Fsp3) is 0.875. The van der Waals surface area contributed by atoms with Crippen molar-refractivity contribution in [1.82, 2.24) is 5.32 Å². The predicted molar refractivity (Wildman–Crippen MR) is 52.8 cm³/mol. The van der Waals surface area contributed by atoms with Crippen LogP contribution in [0, 0.1) is 5.92 Å². The van der Waals surface area contributed by atoms with E-state index in [0.717, 1.165) is 12.8 Å². The summed E-state index contributed by atoms with van der Waals surface area (Å²) >= 11 is 4.76. The molecule has 0 radical (unpaired) electrons. The van der Waals surface area contributed by atoms with Crippen molar-refractivity contribution in [2.75, 3.05) is 6.61 Å². The molecular formula is C8H16N2OS. The molecule has 1 saturated carbocycles. The number of nitrogens with one attached hydrogen (secondary N) is 1. The first-order valence-electron chi connectivity index (χ1n) is 4.41. The van der Waals surface area contributed by atoms with Gasteiger partial charge in [-0.1, -0.05) is 12.8 Å². The molecule has 0 heterocycles. The van der Waals surface area contributed by atoms with Gasteiger partial charge in [-0.15, -0.1) is 0 Å². The molecule has 0 spiro atoms. The number of aliphatic hydroxyl groups is 1. The summed E-state index contributed by atoms with van der Waals surface area (Å²) in [4.78, 5) is 0. The molecule has 0 unspecified atom stereocenters. The molecule has 0 aromatic heterocycles. The lowest BCUT2D eigenvalue weighted by Crippen LogP contribution is -2.45. The maximum absolute atomic E-state index is 9.05. The first kappa shape index (κ1) is 9.74. The normalized spacial score (nSPS) is 29.8. The number of hydrogen-bond donors (Lipinski definition) is 3. The SMILES string of the molecule is NC(=S)N[C@H]1CCCC[C@@H]1CO. The van der Waals surface area contributed by atoms with Gasteiger partial charge in [0.15, 0.2) is 5.11 Å². The van der Waals surface area contributed by atoms with Crippen LogP contribution in [0.15, 0.2) is 0 Å². The van der Waals surface area contributed by atoms with E-state index in [1.165, 1.54) is 12.8 Å². The Morgan fingerprint density at radius 1 is 1.50 bits per heavy atom. The summed E-state index contributed by atoms with van der Waals surface area (Å²) < 4.78 is 0. The molecule has 1 rings (SSSR count). The van der Waals surface area contributed by atoms with Crippen molar-refractivity contribution in [3.05, 3.63) is 0 Å². The van der Waals surface area contributed by atoms with Crippen molar-refractivity contribution < 1.29 is 5.11 Å². The van der Waals surface area contributed by atoms with Crippen LogP contribution in [-0.4, -0.2) is 22.9 Å². The van der Waals surface area contributed by atoms with Gasteiger partial charge >= 0.3 is 0 Å². The van der Waals surface area contributed by atoms with Gasteiger partial charge in [-0.25, -0.2) is 0 Å². The summed E-state index contributed by atoms with van der Waals surface area (Å²) in [5.41, 5.74) is 5.38. The summed E-state index contributed by atoms with van der Waals surface area (Å²) in [7, 11) is 0. The molecule has 0 bridgehead atoms. The van der Waals surface area contributed by atoms with E-state index in [4.69, 9.17) is 23.1 Å². The maximum atomic E-state index is 9.05. The molecule has 1 aliphatic carbocycles. The monoisotopic (exact) mass is 188 g/mol. The van der Waals surface area contributed by atoms with E-state index >= 15 is 0 Å². The van der Waals surface area contributed by atoms with Crippen LogP contribution in [0.2, 0.25) is 0 Å². The molecule has 2 atom stereocenters. The van der Waals surface area contributed by atoms with Crippen LogP contribution in [0.5, 0.6) is 0 Å². The van der Waals surface area contributed by atoms with Gasteiger partial charge in [0.25, 0.3) is 0 Å². The lowest BCUT2D eigenvalue weighted by molar-refractivity contribution is 0.163. The fourth-order valence-electron chi connectivity index (χ4n) is 1.80. The molecule has 4 heteroatoms. The quantitative estimate of drug-likeness (QED) is 0.548. The minimum Gasteiger partial charge on any atom is -0.396 e. The standard InChI is InChI=1S/C8H16N2OS/c9-8(12)10-7-4-2-1-3-6(7)5-11/h6-7,11H,1-5H2,(H3,9,10,12)/t6-,7+/m1/s1. The largest absolute Gasteiger partial charge is 0.396 e. The van der Waals surface area contributed by atoms with Crippen LogP contribution < -0.4 is 11.1 Å². The highest BCUT2D eigenvalue weighted by atomic mass is 32.1. The van der Waals surface area contributed by atoms with Crippen LogP contribution >= 0.6 is 12.2 Å². The van der Waals surface area contributed by atoms with Crippen LogP contribution in [0.1, 0.15) is 25.7 Å². The Balaban J connectivity index is 2.41. The third kappa shape index (κ3) is 2.60. The van der Waals surface area contributed by atoms with Crippen molar-refractivity contribution in [2.45, 2.75) is 31.7 Å². The minimum atomic E-state index is 0.236. The van der Waals surface area contributed by atoms with Gasteiger partial charge in [0, 0.05) is 18.6 Å². The highest BCUT2D eigenvalue weighted by Gasteiger charge is 2.24. The molecule has 0 aromatic rings. The Bertz CT molecular complexity index is 163. The second-order valence-electron chi connectivity index (χ2n) is 3.34. The molecule has 1 aliphatic rings. The maximum Gasteiger partial charge on any atom is 0.163 e. The van der Waals surface area contributed by atoms with Crippen LogP contribution in [0.4, 0.5) is 0 Å². The Hall–Kier alpha value is -0.350. The number of thiocarbonyl (C=S) groups is 1. The van der Waals surface area contributed by atoms with Gasteiger partial charge < -0.3 is 16.2 Å². The number of hydrogen-bond acceptors (Lipinski definition) is 2. The van der Waals surface area contributed by atoms with Crippen molar-refractivity contribution in [3.8, 4) is 0 Å². The molecule has 12 heavy (non-hydrogen) atoms. The van der Waals surface area contributed by atoms with Gasteiger partial charge in [-0.3, -0.25) is 0 Å². The fourth-order valence-corrected chi connectivity index (χ4v) is 1.95. The first-order valence-corrected chi connectivity index (χ1v) is 4.81. The third-order valence-corrected chi connectivity index (χ3v) is 2.59. The van der Waals surface area contributed by atoms with E-state index in [-0.39, 0.29) is 6.61 Å². The molecule has 0 amide bonds. The lowest BCUT2D eigenvalue weighted by atomic mass is 9.85. The molecule has 1 fully saturated rings. The Morgan fingerprint density at radius 3 is 2.75 bits per heavy atom. The molecule has 0 saturated heterocycles. The van der Waals surface area contributed by atoms with Gasteiger partial charge in [-0.2, -0.15) is 0 Å². The second-order valence-corrected chi connectivity index (χ2v) is 3.78. The zero-order valence-electron chi connectivity index (χ0n) is 7.12. The van der Waals surface area contributed by atoms with Crippen LogP contribution in [0.25, 0.3) is 0 Å². The average molecular weight is 188 g/mol. The Morgan fingerprint density at radius 2 is 2.17 bits per heavy atom. The summed E-state index contributed by atoms with van der Waals surface area (Å²) in [6.07, 6.45) is 4.57. The van der Waals surface area contributed by atoms with E-state index in [1.54, 1.807) is 0 Å². The Labute approximate surface area is 78.3 Å². The van der Waals surface area contributed by atoms with E-state index in [1.807, 2.05) is 0 Å². The Kier molecular flexibility index (Phi) is 3.75. The van der Waals surface area contributed by atoms with Gasteiger partial charge in [0.2, 0.25) is 0 Å². The average Bonchev–Trinajstić information content (AvgIpc) is 2.04. The highest BCUT2D eigenvalue weighted by molar-refractivity contribution is 7.80. The molecule has 4 N–H and O–H groups in total. The number of aliphatic hydroxyl groups excluding tert-OH is 1. The summed E-state index contributed by atoms with van der Waals surface area (Å²) in [6, 6.07) is 0.293. The zero-order chi connectivity index (χ0) is 8.97. The van der Waals surface area contributed by atoms with Crippen molar-refractivity contribution in [2.24, 2.45) is 11.7 Å². The van der Waals surface area contributed by atoms with E-state index in [2.05, 4.69) is 5.32 Å². The lowest BCUT2D eigenvalue weighted by Gasteiger charge is -2.30. The topological polar surface area (TPSA) is 58.3 Å². The van der Waals surface area contributed by atoms with Gasteiger partial charge in [-0.05, 0) is 25.1 Å². The van der Waals surface area contributed by atoms with E-state index in [0.29, 0.717) is 17.1 Å². The first-order chi connectivity index (χ1) is 5.74. The van der Waals surface area contributed by atoms with E-state index < -0.39 is 0 Å². The third-order valence-electron chi connectivity index (χ3n) is 2.47. The summed E-state index contributed by atoms with van der Waals surface area (Å²) in [5.74, 6) is 0.334. The number of nitrogens with two attached hydrogens (primary N) is 1. The molecule has 0 aromatic carbocycles. The number of rotatable bonds is 2. The molecule has 0 aliphatic heterocycles. The van der Waals surface area contributed by atoms with Crippen LogP contribution in [0.3, 0.4) is 0 Å². The predicted octanol–water partition coefficient (Wildman–Crippen LogP) is 0.371. The van der Waals surface area contributed by atoms with Crippen molar-refractivity contribution in [3.63, 3.8) is 0 Å². The smallest absolute Gasteiger partial charge is 0.163 e. The van der Waals surface area contributed by atoms with Gasteiger partial charge in [0.05, 0.1) is 0 Å². The van der Waals surface area contributed by atoms with Crippen molar-refractivity contribution in [1.29, 1.82) is 0 Å². The van der Waals surface area contributed by atoms with Gasteiger partial charge in [0.1, 0.15) is 0 Å². The second kappa shape index (κ2) is 4.62. The molecule has 70 valence electrons. The summed E-state index contributed by atoms with van der Waals surface area (Å²) in [5, 5.41) is 12.4. The molecular weight excluding hydrogens is 172 g/mol. The van der Waals surface area contributed by atoms with Crippen LogP contribution in [-0.2, 0) is 0 Å². The minimum absolute atomic E-state index is 0.236. The van der Waals surface area contributed by atoms with Crippen molar-refractivity contribution >= 4 is 17.3 Å². The summed E-state index contributed by atoms with van der Waals surface area (Å²) in [6.45, 7) is 0.236. The zero-order valence-corrected chi connectivity index (χ0v) is 7.94. The highest BCUT2D eigenvalue weighted by Crippen LogP contribution is 2.23.